The van der Waals surface area contributed by atoms with Crippen LogP contribution >= 0.6 is 0 Å². The largest absolute Gasteiger partial charge is 0.513 e. The summed E-state index contributed by atoms with van der Waals surface area (Å²) in [5.41, 5.74) is 3.10. The van der Waals surface area contributed by atoms with E-state index in [2.05, 4.69) is 16.8 Å². The molecule has 0 unspecified atom stereocenters. The van der Waals surface area contributed by atoms with Crippen LogP contribution in [0.2, 0.25) is 0 Å². The first kappa shape index (κ1) is 20.8. The van der Waals surface area contributed by atoms with Crippen molar-refractivity contribution in [3.63, 3.8) is 0 Å². The van der Waals surface area contributed by atoms with Crippen LogP contribution in [0, 0.1) is 5.92 Å². The first-order chi connectivity index (χ1) is 14.8. The second-order valence-electron chi connectivity index (χ2n) is 7.74. The maximum Gasteiger partial charge on any atom is 0.416 e. The van der Waals surface area contributed by atoms with Crippen LogP contribution in [-0.2, 0) is 12.7 Å². The fourth-order valence-electron chi connectivity index (χ4n) is 3.68. The molecule has 0 aliphatic carbocycles. The number of aliphatic hydroxyl groups is 1. The molecule has 2 N–H and O–H groups in total. The first-order valence-electron chi connectivity index (χ1n) is 10.0. The summed E-state index contributed by atoms with van der Waals surface area (Å²) in [5, 5.41) is 12.8. The molecule has 0 radical (unpaired) electrons. The van der Waals surface area contributed by atoms with E-state index < -0.39 is 11.7 Å². The average Bonchev–Trinajstić information content (AvgIpc) is 2.71. The van der Waals surface area contributed by atoms with Crippen LogP contribution in [0.4, 0.5) is 24.5 Å². The number of alkyl halides is 3. The van der Waals surface area contributed by atoms with Gasteiger partial charge >= 0.3 is 6.18 Å². The van der Waals surface area contributed by atoms with E-state index in [1.54, 1.807) is 0 Å². The summed E-state index contributed by atoms with van der Waals surface area (Å²) >= 11 is 0. The molecule has 3 aromatic carbocycles. The van der Waals surface area contributed by atoms with Gasteiger partial charge in [-0.1, -0.05) is 49.0 Å². The van der Waals surface area contributed by atoms with Crippen LogP contribution in [0.15, 0.2) is 85.1 Å². The lowest BCUT2D eigenvalue weighted by Crippen LogP contribution is -2.47. The maximum atomic E-state index is 13.4. The Morgan fingerprint density at radius 1 is 1.00 bits per heavy atom. The third-order valence-electron chi connectivity index (χ3n) is 5.55. The van der Waals surface area contributed by atoms with Gasteiger partial charge in [0.15, 0.2) is 0 Å². The molecule has 6 heteroatoms. The van der Waals surface area contributed by atoms with Crippen LogP contribution in [0.3, 0.4) is 0 Å². The molecule has 1 fully saturated rings. The van der Waals surface area contributed by atoms with Crippen molar-refractivity contribution in [2.75, 3.05) is 23.3 Å². The highest BCUT2D eigenvalue weighted by molar-refractivity contribution is 5.80. The molecule has 31 heavy (non-hydrogen) atoms. The summed E-state index contributed by atoms with van der Waals surface area (Å²) in [4.78, 5) is 2.07. The van der Waals surface area contributed by atoms with Crippen molar-refractivity contribution in [2.45, 2.75) is 12.7 Å². The molecule has 3 nitrogen and oxygen atoms in total. The molecule has 0 atom stereocenters. The minimum absolute atomic E-state index is 0.0281. The summed E-state index contributed by atoms with van der Waals surface area (Å²) in [6, 6.07) is 21.0. The normalized spacial score (nSPS) is 14.2. The average molecular weight is 424 g/mol. The van der Waals surface area contributed by atoms with Gasteiger partial charge in [-0.15, -0.1) is 0 Å². The monoisotopic (exact) mass is 424 g/mol. The van der Waals surface area contributed by atoms with E-state index in [0.29, 0.717) is 36.4 Å². The van der Waals surface area contributed by atoms with Gasteiger partial charge in [0.25, 0.3) is 0 Å². The van der Waals surface area contributed by atoms with E-state index >= 15 is 0 Å². The zero-order chi connectivity index (χ0) is 22.0. The van der Waals surface area contributed by atoms with Gasteiger partial charge in [0, 0.05) is 36.6 Å². The molecule has 1 aliphatic heterocycles. The van der Waals surface area contributed by atoms with Crippen molar-refractivity contribution in [2.24, 2.45) is 5.92 Å². The first-order valence-corrected chi connectivity index (χ1v) is 10.0. The Hall–Kier alpha value is -3.41. The van der Waals surface area contributed by atoms with Crippen molar-refractivity contribution in [3.05, 3.63) is 96.3 Å². The summed E-state index contributed by atoms with van der Waals surface area (Å²) in [7, 11) is 0. The van der Waals surface area contributed by atoms with Gasteiger partial charge in [-0.2, -0.15) is 13.2 Å². The molecular weight excluding hydrogens is 401 g/mol. The fraction of sp³-hybridized carbons (Fsp3) is 0.200. The molecule has 1 aliphatic rings. The van der Waals surface area contributed by atoms with E-state index in [4.69, 9.17) is 0 Å². The molecule has 0 saturated carbocycles. The summed E-state index contributed by atoms with van der Waals surface area (Å²) in [5.74, 6) is 0.193. The molecule has 4 rings (SSSR count). The number of benzene rings is 3. The Bertz CT molecular complexity index is 1070. The van der Waals surface area contributed by atoms with Crippen molar-refractivity contribution < 1.29 is 18.3 Å². The van der Waals surface area contributed by atoms with Gasteiger partial charge in [0.2, 0.25) is 0 Å². The van der Waals surface area contributed by atoms with E-state index in [1.807, 2.05) is 54.6 Å². The van der Waals surface area contributed by atoms with Crippen molar-refractivity contribution >= 4 is 11.4 Å². The standard InChI is InChI=1S/C25H23F3N2O/c1-17(31)20-15-30(16-20)22-9-5-8-19(12-22)23-13-21(25(26,27)28)10-11-24(23)29-14-18-6-3-2-4-7-18/h2-13,20,29,31H,1,14-16H2. The summed E-state index contributed by atoms with van der Waals surface area (Å²) in [6.07, 6.45) is -4.42. The molecule has 0 spiro atoms. The predicted octanol–water partition coefficient (Wildman–Crippen LogP) is 6.49. The van der Waals surface area contributed by atoms with Crippen LogP contribution < -0.4 is 10.2 Å². The Labute approximate surface area is 179 Å². The number of nitrogens with zero attached hydrogens (tertiary/aromatic N) is 1. The minimum Gasteiger partial charge on any atom is -0.513 e. The van der Waals surface area contributed by atoms with Gasteiger partial charge in [0.1, 0.15) is 0 Å². The lowest BCUT2D eigenvalue weighted by molar-refractivity contribution is -0.137. The highest BCUT2D eigenvalue weighted by atomic mass is 19.4. The number of rotatable bonds is 6. The van der Waals surface area contributed by atoms with Gasteiger partial charge < -0.3 is 15.3 Å². The Morgan fingerprint density at radius 3 is 2.42 bits per heavy atom. The second kappa shape index (κ2) is 8.38. The Kier molecular flexibility index (Phi) is 5.63. The molecule has 0 bridgehead atoms. The molecule has 0 aromatic heterocycles. The molecule has 1 saturated heterocycles. The lowest BCUT2D eigenvalue weighted by atomic mass is 9.95. The number of aliphatic hydroxyl groups excluding tert-OH is 1. The third kappa shape index (κ3) is 4.68. The third-order valence-corrected chi connectivity index (χ3v) is 5.55. The van der Waals surface area contributed by atoms with Crippen molar-refractivity contribution in [1.29, 1.82) is 0 Å². The van der Waals surface area contributed by atoms with E-state index in [9.17, 15) is 18.3 Å². The Morgan fingerprint density at radius 2 is 1.74 bits per heavy atom. The second-order valence-corrected chi connectivity index (χ2v) is 7.74. The van der Waals surface area contributed by atoms with Crippen molar-refractivity contribution in [1.82, 2.24) is 0 Å². The lowest BCUT2D eigenvalue weighted by Gasteiger charge is -2.40. The van der Waals surface area contributed by atoms with Crippen LogP contribution in [-0.4, -0.2) is 18.2 Å². The zero-order valence-electron chi connectivity index (χ0n) is 16.9. The highest BCUT2D eigenvalue weighted by Crippen LogP contribution is 2.38. The fourth-order valence-corrected chi connectivity index (χ4v) is 3.68. The maximum absolute atomic E-state index is 13.4. The van der Waals surface area contributed by atoms with E-state index in [0.717, 1.165) is 17.3 Å². The minimum atomic E-state index is -4.42. The number of halogens is 3. The predicted molar refractivity (Wildman–Crippen MR) is 118 cm³/mol. The SMILES string of the molecule is C=C(O)C1CN(c2cccc(-c3cc(C(F)(F)F)ccc3NCc3ccccc3)c2)C1. The van der Waals surface area contributed by atoms with Gasteiger partial charge in [-0.3, -0.25) is 0 Å². The van der Waals surface area contributed by atoms with Crippen LogP contribution in [0.5, 0.6) is 0 Å². The van der Waals surface area contributed by atoms with Gasteiger partial charge in [0.05, 0.1) is 17.2 Å². The van der Waals surface area contributed by atoms with E-state index in [-0.39, 0.29) is 11.7 Å². The smallest absolute Gasteiger partial charge is 0.416 e. The summed E-state index contributed by atoms with van der Waals surface area (Å²) in [6.45, 7) is 5.36. The number of hydrogen-bond donors (Lipinski definition) is 2. The highest BCUT2D eigenvalue weighted by Gasteiger charge is 2.32. The molecular formula is C25H23F3N2O. The Balaban J connectivity index is 1.65. The number of nitrogens with one attached hydrogen (secondary N) is 1. The topological polar surface area (TPSA) is 35.5 Å². The quantitative estimate of drug-likeness (QED) is 0.444. The van der Waals surface area contributed by atoms with E-state index in [1.165, 1.54) is 12.1 Å². The zero-order valence-corrected chi connectivity index (χ0v) is 16.9. The number of hydrogen-bond acceptors (Lipinski definition) is 3. The van der Waals surface area contributed by atoms with Crippen molar-refractivity contribution in [3.8, 4) is 11.1 Å². The molecule has 0 amide bonds. The van der Waals surface area contributed by atoms with Crippen LogP contribution in [0.25, 0.3) is 11.1 Å². The molecule has 3 aromatic rings. The molecule has 1 heterocycles. The van der Waals surface area contributed by atoms with Gasteiger partial charge in [-0.05, 0) is 41.5 Å². The summed E-state index contributed by atoms with van der Waals surface area (Å²) < 4.78 is 40.2. The molecule has 160 valence electrons. The van der Waals surface area contributed by atoms with Gasteiger partial charge in [-0.25, -0.2) is 0 Å². The number of anilines is 2. The van der Waals surface area contributed by atoms with Crippen LogP contribution in [0.1, 0.15) is 11.1 Å².